The Kier molecular flexibility index (Phi) is 8.11. The predicted octanol–water partition coefficient (Wildman–Crippen LogP) is 7.01. The normalized spacial score (nSPS) is 20.2. The van der Waals surface area contributed by atoms with E-state index in [1.54, 1.807) is 18.5 Å². The molecule has 0 amide bonds. The highest BCUT2D eigenvalue weighted by Gasteiger charge is 2.39. The highest BCUT2D eigenvalue weighted by atomic mass is 19.4. The van der Waals surface area contributed by atoms with Crippen molar-refractivity contribution in [1.82, 2.24) is 19.8 Å². The van der Waals surface area contributed by atoms with E-state index < -0.39 is 11.7 Å². The highest BCUT2D eigenvalue weighted by molar-refractivity contribution is 5.36. The molecule has 0 aliphatic carbocycles. The molecule has 4 nitrogen and oxygen atoms in total. The first-order valence-electron chi connectivity index (χ1n) is 14.1. The van der Waals surface area contributed by atoms with Crippen molar-refractivity contribution in [1.29, 1.82) is 0 Å². The Morgan fingerprint density at radius 2 is 1.41 bits per heavy atom. The summed E-state index contributed by atoms with van der Waals surface area (Å²) >= 11 is 0. The van der Waals surface area contributed by atoms with Gasteiger partial charge in [0.15, 0.2) is 0 Å². The van der Waals surface area contributed by atoms with Crippen molar-refractivity contribution >= 4 is 0 Å². The van der Waals surface area contributed by atoms with Gasteiger partial charge < -0.3 is 0 Å². The third kappa shape index (κ3) is 6.20. The lowest BCUT2D eigenvalue weighted by Gasteiger charge is -2.50. The van der Waals surface area contributed by atoms with E-state index in [-0.39, 0.29) is 11.5 Å². The molecule has 1 unspecified atom stereocenters. The molecule has 3 aromatic rings. The van der Waals surface area contributed by atoms with Crippen LogP contribution in [0.25, 0.3) is 0 Å². The van der Waals surface area contributed by atoms with E-state index in [9.17, 15) is 13.2 Å². The molecular weight excluding hydrogens is 497 g/mol. The van der Waals surface area contributed by atoms with Crippen molar-refractivity contribution in [3.63, 3.8) is 0 Å². The topological polar surface area (TPSA) is 32.3 Å². The fraction of sp³-hybridized carbons (Fsp3) is 0.500. The first-order valence-corrected chi connectivity index (χ1v) is 14.1. The van der Waals surface area contributed by atoms with E-state index in [4.69, 9.17) is 0 Å². The Morgan fingerprint density at radius 3 is 1.97 bits per heavy atom. The minimum Gasteiger partial charge on any atom is -0.299 e. The number of alkyl halides is 3. The third-order valence-electron chi connectivity index (χ3n) is 9.22. The second kappa shape index (κ2) is 11.4. The molecule has 7 heteroatoms. The van der Waals surface area contributed by atoms with Crippen LogP contribution in [0.5, 0.6) is 0 Å². The molecule has 0 bridgehead atoms. The van der Waals surface area contributed by atoms with E-state index in [0.29, 0.717) is 5.92 Å². The first-order chi connectivity index (χ1) is 18.6. The number of aromatic nitrogens is 2. The third-order valence-corrected chi connectivity index (χ3v) is 9.22. The van der Waals surface area contributed by atoms with Crippen LogP contribution in [0.4, 0.5) is 13.2 Å². The molecule has 0 spiro atoms. The zero-order valence-corrected chi connectivity index (χ0v) is 23.2. The quantitative estimate of drug-likeness (QED) is 0.339. The summed E-state index contributed by atoms with van der Waals surface area (Å²) in [5.74, 6) is 0.498. The molecule has 0 N–H and O–H groups in total. The molecule has 0 saturated carbocycles. The lowest BCUT2D eigenvalue weighted by atomic mass is 9.74. The summed E-state index contributed by atoms with van der Waals surface area (Å²) in [6.07, 6.45) is 1.67. The van der Waals surface area contributed by atoms with Crippen LogP contribution in [-0.4, -0.2) is 51.5 Å². The second-order valence-corrected chi connectivity index (χ2v) is 11.6. The van der Waals surface area contributed by atoms with Crippen LogP contribution in [0.1, 0.15) is 72.2 Å². The Balaban J connectivity index is 1.24. The van der Waals surface area contributed by atoms with E-state index in [0.717, 1.165) is 75.4 Å². The van der Waals surface area contributed by atoms with Gasteiger partial charge >= 0.3 is 6.18 Å². The van der Waals surface area contributed by atoms with Gasteiger partial charge in [0.05, 0.1) is 5.56 Å². The summed E-state index contributed by atoms with van der Waals surface area (Å²) < 4.78 is 39.6. The minimum absolute atomic E-state index is 0.102. The van der Waals surface area contributed by atoms with Crippen molar-refractivity contribution in [2.45, 2.75) is 70.6 Å². The van der Waals surface area contributed by atoms with Crippen molar-refractivity contribution < 1.29 is 13.2 Å². The molecule has 2 aromatic carbocycles. The van der Waals surface area contributed by atoms with Gasteiger partial charge in [0.1, 0.15) is 6.33 Å². The Labute approximate surface area is 230 Å². The van der Waals surface area contributed by atoms with Gasteiger partial charge in [-0.25, -0.2) is 9.97 Å². The van der Waals surface area contributed by atoms with Crippen molar-refractivity contribution in [2.75, 3.05) is 26.2 Å². The Hall–Kier alpha value is -2.77. The smallest absolute Gasteiger partial charge is 0.299 e. The molecule has 3 heterocycles. The number of nitrogens with zero attached hydrogens (tertiary/aromatic N) is 4. The summed E-state index contributed by atoms with van der Waals surface area (Å²) in [6.45, 7) is 11.6. The van der Waals surface area contributed by atoms with Crippen LogP contribution < -0.4 is 0 Å². The average molecular weight is 537 g/mol. The summed E-state index contributed by atoms with van der Waals surface area (Å²) in [4.78, 5) is 14.0. The lowest BCUT2D eigenvalue weighted by molar-refractivity contribution is -0.137. The van der Waals surface area contributed by atoms with E-state index in [2.05, 4.69) is 52.7 Å². The summed E-state index contributed by atoms with van der Waals surface area (Å²) in [5.41, 5.74) is 5.13. The summed E-state index contributed by atoms with van der Waals surface area (Å²) in [6, 6.07) is 16.1. The SMILES string of the molecule is Cc1ncnc(C)c1CN1CCC(C)(N2CCC(C(c3ccccc3)c3ccc(C(F)(F)F)cc3)CC2)CC1. The van der Waals surface area contributed by atoms with E-state index in [1.807, 2.05) is 18.2 Å². The predicted molar refractivity (Wildman–Crippen MR) is 148 cm³/mol. The van der Waals surface area contributed by atoms with E-state index >= 15 is 0 Å². The molecule has 2 aliphatic heterocycles. The van der Waals surface area contributed by atoms with Gasteiger partial charge in [-0.05, 0) is 88.7 Å². The number of hydrogen-bond donors (Lipinski definition) is 0. The number of benzene rings is 2. The van der Waals surface area contributed by atoms with Gasteiger partial charge in [0.2, 0.25) is 0 Å². The van der Waals surface area contributed by atoms with Gasteiger partial charge in [-0.15, -0.1) is 0 Å². The maximum absolute atomic E-state index is 13.2. The molecular formula is C32H39F3N4. The maximum Gasteiger partial charge on any atom is 0.416 e. The van der Waals surface area contributed by atoms with Crippen LogP contribution in [0.3, 0.4) is 0 Å². The molecule has 2 fully saturated rings. The van der Waals surface area contributed by atoms with Gasteiger partial charge in [-0.2, -0.15) is 13.2 Å². The molecule has 0 radical (unpaired) electrons. The van der Waals surface area contributed by atoms with Crippen molar-refractivity contribution in [3.8, 4) is 0 Å². The van der Waals surface area contributed by atoms with Gasteiger partial charge in [-0.3, -0.25) is 9.80 Å². The largest absolute Gasteiger partial charge is 0.416 e. The molecule has 2 saturated heterocycles. The Morgan fingerprint density at radius 1 is 0.846 bits per heavy atom. The van der Waals surface area contributed by atoms with Crippen LogP contribution >= 0.6 is 0 Å². The monoisotopic (exact) mass is 536 g/mol. The van der Waals surface area contributed by atoms with Crippen molar-refractivity contribution in [2.24, 2.45) is 5.92 Å². The molecule has 5 rings (SSSR count). The Bertz CT molecular complexity index is 1210. The standard InChI is InChI=1S/C32H39F3N4/c1-23-29(24(2)37-22-36-23)21-38-19-15-31(3,16-20-38)39-17-13-27(14-18-39)30(25-7-5-4-6-8-25)26-9-11-28(12-10-26)32(33,34)35/h4-12,22,27,30H,13-21H2,1-3H3. The number of aryl methyl sites for hydroxylation is 2. The molecule has 208 valence electrons. The molecule has 2 aliphatic rings. The average Bonchev–Trinajstić information content (AvgIpc) is 2.93. The number of likely N-dealkylation sites (tertiary alicyclic amines) is 2. The number of piperidine rings is 2. The zero-order valence-electron chi connectivity index (χ0n) is 23.2. The van der Waals surface area contributed by atoms with Crippen molar-refractivity contribution in [3.05, 3.63) is 94.6 Å². The number of halogens is 3. The van der Waals surface area contributed by atoms with Gasteiger partial charge in [-0.1, -0.05) is 42.5 Å². The fourth-order valence-corrected chi connectivity index (χ4v) is 6.63. The lowest BCUT2D eigenvalue weighted by Crippen LogP contribution is -2.55. The summed E-state index contributed by atoms with van der Waals surface area (Å²) in [5, 5.41) is 0. The van der Waals surface area contributed by atoms with Crippen LogP contribution in [0, 0.1) is 19.8 Å². The van der Waals surface area contributed by atoms with Crippen LogP contribution in [-0.2, 0) is 12.7 Å². The minimum atomic E-state index is -4.32. The maximum atomic E-state index is 13.2. The van der Waals surface area contributed by atoms with Gasteiger partial charge in [0, 0.05) is 48.0 Å². The number of rotatable bonds is 6. The van der Waals surface area contributed by atoms with Crippen LogP contribution in [0.2, 0.25) is 0 Å². The first kappa shape index (κ1) is 27.8. The summed E-state index contributed by atoms with van der Waals surface area (Å²) in [7, 11) is 0. The molecule has 39 heavy (non-hydrogen) atoms. The second-order valence-electron chi connectivity index (χ2n) is 11.6. The number of hydrogen-bond acceptors (Lipinski definition) is 4. The molecule has 1 aromatic heterocycles. The molecule has 1 atom stereocenters. The van der Waals surface area contributed by atoms with Crippen LogP contribution in [0.15, 0.2) is 60.9 Å². The highest BCUT2D eigenvalue weighted by Crippen LogP contribution is 2.41. The van der Waals surface area contributed by atoms with E-state index in [1.165, 1.54) is 23.3 Å². The zero-order chi connectivity index (χ0) is 27.6. The fourth-order valence-electron chi connectivity index (χ4n) is 6.63. The van der Waals surface area contributed by atoms with Gasteiger partial charge in [0.25, 0.3) is 0 Å².